The van der Waals surface area contributed by atoms with Crippen molar-refractivity contribution in [3.05, 3.63) is 18.2 Å². The normalized spacial score (nSPS) is 19.1. The predicted octanol–water partition coefficient (Wildman–Crippen LogP) is 1.65. The molecule has 2 heterocycles. The molecule has 18 heavy (non-hydrogen) atoms. The summed E-state index contributed by atoms with van der Waals surface area (Å²) in [5.41, 5.74) is 1.23. The zero-order valence-electron chi connectivity index (χ0n) is 10.9. The smallest absolute Gasteiger partial charge is 0.305 e. The Hall–Kier alpha value is -1.36. The van der Waals surface area contributed by atoms with Gasteiger partial charge >= 0.3 is 5.97 Å². The highest BCUT2D eigenvalue weighted by atomic mass is 16.5. The second kappa shape index (κ2) is 6.54. The largest absolute Gasteiger partial charge is 0.466 e. The Morgan fingerprint density at radius 1 is 1.67 bits per heavy atom. The SMILES string of the molecule is CCOC(=O)CCCn1cncc1C1CCCN1. The molecule has 0 aromatic carbocycles. The van der Waals surface area contributed by atoms with Crippen LogP contribution in [0.15, 0.2) is 12.5 Å². The van der Waals surface area contributed by atoms with Gasteiger partial charge in [-0.25, -0.2) is 4.98 Å². The number of carbonyl (C=O) groups excluding carboxylic acids is 1. The summed E-state index contributed by atoms with van der Waals surface area (Å²) in [7, 11) is 0. The average Bonchev–Trinajstić information content (AvgIpc) is 2.98. The van der Waals surface area contributed by atoms with Crippen molar-refractivity contribution in [3.8, 4) is 0 Å². The van der Waals surface area contributed by atoms with E-state index in [-0.39, 0.29) is 5.97 Å². The standard InChI is InChI=1S/C13H21N3O2/c1-2-18-13(17)6-4-8-16-10-14-9-12(16)11-5-3-7-15-11/h9-11,15H,2-8H2,1H3. The Morgan fingerprint density at radius 2 is 2.56 bits per heavy atom. The highest BCUT2D eigenvalue weighted by molar-refractivity contribution is 5.69. The minimum Gasteiger partial charge on any atom is -0.466 e. The van der Waals surface area contributed by atoms with Gasteiger partial charge in [0.05, 0.1) is 18.6 Å². The van der Waals surface area contributed by atoms with E-state index in [9.17, 15) is 4.79 Å². The molecule has 1 aliphatic rings. The second-order valence-electron chi connectivity index (χ2n) is 4.57. The minimum absolute atomic E-state index is 0.113. The number of rotatable bonds is 6. The van der Waals surface area contributed by atoms with Crippen LogP contribution in [0.3, 0.4) is 0 Å². The highest BCUT2D eigenvalue weighted by Gasteiger charge is 2.19. The summed E-state index contributed by atoms with van der Waals surface area (Å²) in [6, 6.07) is 0.426. The topological polar surface area (TPSA) is 56.2 Å². The van der Waals surface area contributed by atoms with Crippen LogP contribution in [0.4, 0.5) is 0 Å². The van der Waals surface area contributed by atoms with Gasteiger partial charge in [-0.1, -0.05) is 0 Å². The van der Waals surface area contributed by atoms with E-state index < -0.39 is 0 Å². The molecule has 1 aromatic heterocycles. The van der Waals surface area contributed by atoms with Crippen molar-refractivity contribution in [2.45, 2.75) is 45.2 Å². The summed E-state index contributed by atoms with van der Waals surface area (Å²) in [5.74, 6) is -0.113. The molecule has 0 saturated carbocycles. The van der Waals surface area contributed by atoms with E-state index in [4.69, 9.17) is 4.74 Å². The fraction of sp³-hybridized carbons (Fsp3) is 0.692. The quantitative estimate of drug-likeness (QED) is 0.781. The van der Waals surface area contributed by atoms with Crippen molar-refractivity contribution in [3.63, 3.8) is 0 Å². The Kier molecular flexibility index (Phi) is 4.75. The molecule has 5 heteroatoms. The highest BCUT2D eigenvalue weighted by Crippen LogP contribution is 2.22. The number of imidazole rings is 1. The molecule has 1 N–H and O–H groups in total. The third kappa shape index (κ3) is 3.32. The fourth-order valence-electron chi connectivity index (χ4n) is 2.37. The lowest BCUT2D eigenvalue weighted by atomic mass is 10.1. The molecule has 1 atom stereocenters. The number of carbonyl (C=O) groups is 1. The van der Waals surface area contributed by atoms with Gasteiger partial charge in [0.25, 0.3) is 0 Å². The molecule has 0 spiro atoms. The molecule has 0 radical (unpaired) electrons. The maximum atomic E-state index is 11.3. The van der Waals surface area contributed by atoms with Crippen molar-refractivity contribution in [2.24, 2.45) is 0 Å². The van der Waals surface area contributed by atoms with Gasteiger partial charge in [0.15, 0.2) is 0 Å². The number of hydrogen-bond acceptors (Lipinski definition) is 4. The van der Waals surface area contributed by atoms with Crippen LogP contribution in [0, 0.1) is 0 Å². The number of esters is 1. The van der Waals surface area contributed by atoms with Crippen LogP contribution < -0.4 is 5.32 Å². The molecule has 0 aliphatic carbocycles. The Bertz CT molecular complexity index is 383. The number of aromatic nitrogens is 2. The van der Waals surface area contributed by atoms with Crippen LogP contribution in [0.2, 0.25) is 0 Å². The molecule has 1 saturated heterocycles. The van der Waals surface area contributed by atoms with Crippen molar-refractivity contribution in [2.75, 3.05) is 13.2 Å². The van der Waals surface area contributed by atoms with Crippen LogP contribution >= 0.6 is 0 Å². The fourth-order valence-corrected chi connectivity index (χ4v) is 2.37. The Morgan fingerprint density at radius 3 is 3.28 bits per heavy atom. The molecule has 1 aromatic rings. The maximum Gasteiger partial charge on any atom is 0.305 e. The van der Waals surface area contributed by atoms with Gasteiger partial charge in [-0.2, -0.15) is 0 Å². The van der Waals surface area contributed by atoms with E-state index in [2.05, 4.69) is 14.9 Å². The molecular formula is C13H21N3O2. The first-order valence-electron chi connectivity index (χ1n) is 6.70. The zero-order valence-corrected chi connectivity index (χ0v) is 10.9. The maximum absolute atomic E-state index is 11.3. The molecule has 1 fully saturated rings. The summed E-state index contributed by atoms with van der Waals surface area (Å²) in [4.78, 5) is 15.5. The van der Waals surface area contributed by atoms with Crippen LogP contribution in [0.5, 0.6) is 0 Å². The molecule has 100 valence electrons. The average molecular weight is 251 g/mol. The summed E-state index contributed by atoms with van der Waals surface area (Å²) in [6.45, 7) is 4.20. The molecular weight excluding hydrogens is 230 g/mol. The lowest BCUT2D eigenvalue weighted by Crippen LogP contribution is -2.17. The summed E-state index contributed by atoms with van der Waals surface area (Å²) < 4.78 is 7.06. The van der Waals surface area contributed by atoms with E-state index >= 15 is 0 Å². The lowest BCUT2D eigenvalue weighted by molar-refractivity contribution is -0.143. The third-order valence-corrected chi connectivity index (χ3v) is 3.25. The van der Waals surface area contributed by atoms with Gasteiger partial charge in [-0.15, -0.1) is 0 Å². The predicted molar refractivity (Wildman–Crippen MR) is 68.1 cm³/mol. The first-order valence-corrected chi connectivity index (χ1v) is 6.70. The number of aryl methyl sites for hydroxylation is 1. The number of ether oxygens (including phenoxy) is 1. The summed E-state index contributed by atoms with van der Waals surface area (Å²) in [5, 5.41) is 3.47. The van der Waals surface area contributed by atoms with Crippen LogP contribution in [0.25, 0.3) is 0 Å². The minimum atomic E-state index is -0.113. The van der Waals surface area contributed by atoms with Gasteiger partial charge in [0.1, 0.15) is 0 Å². The number of nitrogens with one attached hydrogen (secondary N) is 1. The molecule has 2 rings (SSSR count). The molecule has 1 unspecified atom stereocenters. The molecule has 1 aliphatic heterocycles. The lowest BCUT2D eigenvalue weighted by Gasteiger charge is -2.13. The van der Waals surface area contributed by atoms with Gasteiger partial charge < -0.3 is 14.6 Å². The number of nitrogens with zero attached hydrogens (tertiary/aromatic N) is 2. The van der Waals surface area contributed by atoms with Gasteiger partial charge in [0, 0.05) is 25.2 Å². The van der Waals surface area contributed by atoms with E-state index in [1.165, 1.54) is 18.5 Å². The van der Waals surface area contributed by atoms with Gasteiger partial charge in [0.2, 0.25) is 0 Å². The van der Waals surface area contributed by atoms with E-state index in [0.717, 1.165) is 19.5 Å². The van der Waals surface area contributed by atoms with Gasteiger partial charge in [-0.3, -0.25) is 4.79 Å². The number of hydrogen-bond donors (Lipinski definition) is 1. The van der Waals surface area contributed by atoms with Crippen molar-refractivity contribution in [1.82, 2.24) is 14.9 Å². The van der Waals surface area contributed by atoms with E-state index in [0.29, 0.717) is 19.1 Å². The van der Waals surface area contributed by atoms with Crippen LogP contribution in [0.1, 0.15) is 44.3 Å². The summed E-state index contributed by atoms with van der Waals surface area (Å²) >= 11 is 0. The first kappa shape index (κ1) is 13.1. The monoisotopic (exact) mass is 251 g/mol. The second-order valence-corrected chi connectivity index (χ2v) is 4.57. The van der Waals surface area contributed by atoms with Gasteiger partial charge in [-0.05, 0) is 32.7 Å². The first-order chi connectivity index (χ1) is 8.81. The molecule has 0 bridgehead atoms. The summed E-state index contributed by atoms with van der Waals surface area (Å²) in [6.07, 6.45) is 7.44. The zero-order chi connectivity index (χ0) is 12.8. The molecule has 0 amide bonds. The molecule has 5 nitrogen and oxygen atoms in total. The van der Waals surface area contributed by atoms with Crippen molar-refractivity contribution < 1.29 is 9.53 Å². The Balaban J connectivity index is 1.82. The van der Waals surface area contributed by atoms with E-state index in [1.54, 1.807) is 0 Å². The van der Waals surface area contributed by atoms with Crippen LogP contribution in [-0.4, -0.2) is 28.7 Å². The van der Waals surface area contributed by atoms with E-state index in [1.807, 2.05) is 19.4 Å². The van der Waals surface area contributed by atoms with Crippen molar-refractivity contribution >= 4 is 5.97 Å². The van der Waals surface area contributed by atoms with Crippen LogP contribution in [-0.2, 0) is 16.1 Å². The Labute approximate surface area is 108 Å². The third-order valence-electron chi connectivity index (χ3n) is 3.25. The van der Waals surface area contributed by atoms with Crippen molar-refractivity contribution in [1.29, 1.82) is 0 Å².